The zero-order valence-corrected chi connectivity index (χ0v) is 14.8. The lowest BCUT2D eigenvalue weighted by Gasteiger charge is -2.35. The second-order valence-electron chi connectivity index (χ2n) is 7.28. The summed E-state index contributed by atoms with van der Waals surface area (Å²) in [4.78, 5) is 26.4. The van der Waals surface area contributed by atoms with Gasteiger partial charge in [0.2, 0.25) is 11.8 Å². The molecule has 24 heavy (non-hydrogen) atoms. The first-order valence-corrected chi connectivity index (χ1v) is 8.37. The summed E-state index contributed by atoms with van der Waals surface area (Å²) < 4.78 is 5.22. The second-order valence-corrected chi connectivity index (χ2v) is 7.28. The summed E-state index contributed by atoms with van der Waals surface area (Å²) in [6, 6.07) is -1.18. The maximum Gasteiger partial charge on any atom is 0.246 e. The molecule has 1 fully saturated rings. The number of rotatable bonds is 8. The first-order chi connectivity index (χ1) is 11.2. The Morgan fingerprint density at radius 3 is 2.62 bits per heavy atom. The Hall–Kier alpha value is -1.22. The summed E-state index contributed by atoms with van der Waals surface area (Å²) in [6.07, 6.45) is 0.357. The normalized spacial score (nSPS) is 22.5. The fourth-order valence-corrected chi connectivity index (χ4v) is 2.70. The third-order valence-corrected chi connectivity index (χ3v) is 4.03. The Balaban J connectivity index is 2.71. The Morgan fingerprint density at radius 2 is 2.08 bits per heavy atom. The van der Waals surface area contributed by atoms with Gasteiger partial charge in [0.05, 0.1) is 18.8 Å². The number of β-amino-alcohol motifs (C(OH)–C–C–N with tert-alkyl or cyclic N) is 1. The standard InChI is InChI=1S/C16H31N3O5/c1-16(2,3)14(18-13(22)10-24-6-4-5-17)15(23)19-8-12(21)7-11(19)9-20/h11-12,14,20-21H,4-10,17H2,1-3H3,(H,18,22)/t11-,12+,14+/m0/s1. The van der Waals surface area contributed by atoms with Gasteiger partial charge < -0.3 is 30.9 Å². The van der Waals surface area contributed by atoms with Gasteiger partial charge in [-0.1, -0.05) is 20.8 Å². The number of amides is 2. The van der Waals surface area contributed by atoms with Crippen molar-refractivity contribution < 1.29 is 24.5 Å². The number of nitrogens with two attached hydrogens (primary N) is 1. The third-order valence-electron chi connectivity index (χ3n) is 4.03. The molecule has 0 aliphatic carbocycles. The van der Waals surface area contributed by atoms with Gasteiger partial charge in [-0.05, 0) is 24.8 Å². The molecule has 0 bridgehead atoms. The summed E-state index contributed by atoms with van der Waals surface area (Å²) in [5, 5.41) is 21.9. The van der Waals surface area contributed by atoms with Crippen molar-refractivity contribution in [2.45, 2.75) is 51.8 Å². The van der Waals surface area contributed by atoms with E-state index in [0.717, 1.165) is 0 Å². The Morgan fingerprint density at radius 1 is 1.42 bits per heavy atom. The number of hydrogen-bond donors (Lipinski definition) is 4. The Labute approximate surface area is 143 Å². The van der Waals surface area contributed by atoms with Gasteiger partial charge in [-0.2, -0.15) is 0 Å². The van der Waals surface area contributed by atoms with Crippen LogP contribution in [0.25, 0.3) is 0 Å². The first kappa shape index (κ1) is 20.8. The third kappa shape index (κ3) is 6.01. The quantitative estimate of drug-likeness (QED) is 0.411. The molecule has 5 N–H and O–H groups in total. The minimum atomic E-state index is -0.762. The van der Waals surface area contributed by atoms with E-state index in [0.29, 0.717) is 26.0 Å². The number of likely N-dealkylation sites (tertiary alicyclic amines) is 1. The largest absolute Gasteiger partial charge is 0.394 e. The molecule has 0 saturated carbocycles. The number of aliphatic hydroxyl groups is 2. The molecule has 0 radical (unpaired) electrons. The summed E-state index contributed by atoms with van der Waals surface area (Å²) in [5.41, 5.74) is 4.84. The van der Waals surface area contributed by atoms with E-state index in [9.17, 15) is 19.8 Å². The average Bonchev–Trinajstić information content (AvgIpc) is 2.88. The number of carbonyl (C=O) groups excluding carboxylic acids is 2. The van der Waals surface area contributed by atoms with Crippen molar-refractivity contribution >= 4 is 11.8 Å². The van der Waals surface area contributed by atoms with Crippen LogP contribution in [-0.4, -0.2) is 78.0 Å². The fraction of sp³-hybridized carbons (Fsp3) is 0.875. The average molecular weight is 345 g/mol. The molecule has 0 aromatic carbocycles. The van der Waals surface area contributed by atoms with E-state index in [4.69, 9.17) is 10.5 Å². The van der Waals surface area contributed by atoms with Crippen LogP contribution in [0.3, 0.4) is 0 Å². The van der Waals surface area contributed by atoms with Crippen molar-refractivity contribution in [3.8, 4) is 0 Å². The second kappa shape index (κ2) is 9.31. The molecule has 8 heteroatoms. The van der Waals surface area contributed by atoms with Crippen LogP contribution in [0.5, 0.6) is 0 Å². The van der Waals surface area contributed by atoms with Gasteiger partial charge >= 0.3 is 0 Å². The van der Waals surface area contributed by atoms with Crippen LogP contribution >= 0.6 is 0 Å². The molecule has 1 heterocycles. The van der Waals surface area contributed by atoms with Crippen molar-refractivity contribution in [2.75, 3.05) is 32.9 Å². The van der Waals surface area contributed by atoms with Gasteiger partial charge in [-0.25, -0.2) is 0 Å². The molecule has 1 saturated heterocycles. The highest BCUT2D eigenvalue weighted by Gasteiger charge is 2.41. The molecule has 2 amide bonds. The predicted octanol–water partition coefficient (Wildman–Crippen LogP) is -1.16. The van der Waals surface area contributed by atoms with E-state index in [2.05, 4.69) is 5.32 Å². The van der Waals surface area contributed by atoms with E-state index in [1.165, 1.54) is 4.90 Å². The molecule has 0 unspecified atom stereocenters. The smallest absolute Gasteiger partial charge is 0.246 e. The van der Waals surface area contributed by atoms with E-state index >= 15 is 0 Å². The van der Waals surface area contributed by atoms with Gasteiger partial charge in [0.15, 0.2) is 0 Å². The van der Waals surface area contributed by atoms with Crippen LogP contribution in [0.2, 0.25) is 0 Å². The molecule has 8 nitrogen and oxygen atoms in total. The highest BCUT2D eigenvalue weighted by Crippen LogP contribution is 2.25. The minimum absolute atomic E-state index is 0.133. The predicted molar refractivity (Wildman–Crippen MR) is 89.1 cm³/mol. The SMILES string of the molecule is CC(C)(C)[C@H](NC(=O)COCCCN)C(=O)N1C[C@H](O)C[C@H]1CO. The van der Waals surface area contributed by atoms with Crippen LogP contribution < -0.4 is 11.1 Å². The molecular formula is C16H31N3O5. The van der Waals surface area contributed by atoms with E-state index in [1.807, 2.05) is 20.8 Å². The number of nitrogens with one attached hydrogen (secondary N) is 1. The van der Waals surface area contributed by atoms with Gasteiger partial charge in [-0.15, -0.1) is 0 Å². The van der Waals surface area contributed by atoms with Crippen LogP contribution in [0.1, 0.15) is 33.6 Å². The fourth-order valence-electron chi connectivity index (χ4n) is 2.70. The number of ether oxygens (including phenoxy) is 1. The zero-order chi connectivity index (χ0) is 18.3. The summed E-state index contributed by atoms with van der Waals surface area (Å²) in [7, 11) is 0. The zero-order valence-electron chi connectivity index (χ0n) is 14.8. The van der Waals surface area contributed by atoms with Gasteiger partial charge in [0.25, 0.3) is 0 Å². The lowest BCUT2D eigenvalue weighted by molar-refractivity contribution is -0.142. The minimum Gasteiger partial charge on any atom is -0.394 e. The highest BCUT2D eigenvalue weighted by atomic mass is 16.5. The highest BCUT2D eigenvalue weighted by molar-refractivity contribution is 5.89. The van der Waals surface area contributed by atoms with E-state index < -0.39 is 23.6 Å². The maximum atomic E-state index is 12.9. The van der Waals surface area contributed by atoms with Crippen molar-refractivity contribution in [3.05, 3.63) is 0 Å². The molecule has 0 spiro atoms. The van der Waals surface area contributed by atoms with Crippen molar-refractivity contribution in [3.63, 3.8) is 0 Å². The summed E-state index contributed by atoms with van der Waals surface area (Å²) in [6.45, 7) is 6.26. The Kier molecular flexibility index (Phi) is 8.08. The number of hydrogen-bond acceptors (Lipinski definition) is 6. The molecule has 0 aromatic heterocycles. The molecule has 1 rings (SSSR count). The van der Waals surface area contributed by atoms with Crippen molar-refractivity contribution in [1.29, 1.82) is 0 Å². The lowest BCUT2D eigenvalue weighted by Crippen LogP contribution is -2.56. The van der Waals surface area contributed by atoms with Crippen LogP contribution in [-0.2, 0) is 14.3 Å². The monoisotopic (exact) mass is 345 g/mol. The van der Waals surface area contributed by atoms with Crippen molar-refractivity contribution in [2.24, 2.45) is 11.1 Å². The summed E-state index contributed by atoms with van der Waals surface area (Å²) in [5.74, 6) is -0.672. The number of nitrogens with zero attached hydrogens (tertiary/aromatic N) is 1. The van der Waals surface area contributed by atoms with Crippen LogP contribution in [0, 0.1) is 5.41 Å². The maximum absolute atomic E-state index is 12.9. The first-order valence-electron chi connectivity index (χ1n) is 8.37. The molecule has 140 valence electrons. The molecule has 1 aliphatic rings. The molecule has 3 atom stereocenters. The number of aliphatic hydroxyl groups excluding tert-OH is 2. The van der Waals surface area contributed by atoms with Crippen molar-refractivity contribution in [1.82, 2.24) is 10.2 Å². The molecular weight excluding hydrogens is 314 g/mol. The lowest BCUT2D eigenvalue weighted by atomic mass is 9.85. The Bertz CT molecular complexity index is 424. The molecule has 0 aromatic rings. The summed E-state index contributed by atoms with van der Waals surface area (Å²) >= 11 is 0. The van der Waals surface area contributed by atoms with Crippen LogP contribution in [0.4, 0.5) is 0 Å². The van der Waals surface area contributed by atoms with Gasteiger partial charge in [-0.3, -0.25) is 9.59 Å². The van der Waals surface area contributed by atoms with E-state index in [-0.39, 0.29) is 31.6 Å². The van der Waals surface area contributed by atoms with Gasteiger partial charge in [0.1, 0.15) is 12.6 Å². The topological polar surface area (TPSA) is 125 Å². The number of carbonyl (C=O) groups is 2. The molecule has 1 aliphatic heterocycles. The van der Waals surface area contributed by atoms with Crippen LogP contribution in [0.15, 0.2) is 0 Å². The van der Waals surface area contributed by atoms with E-state index in [1.54, 1.807) is 0 Å². The van der Waals surface area contributed by atoms with Gasteiger partial charge in [0, 0.05) is 13.2 Å².